The van der Waals surface area contributed by atoms with E-state index in [0.29, 0.717) is 13.0 Å². The second kappa shape index (κ2) is 11.5. The molecule has 0 atom stereocenters. The van der Waals surface area contributed by atoms with Gasteiger partial charge in [-0.1, -0.05) is 24.3 Å². The second-order valence-electron chi connectivity index (χ2n) is 8.79. The molecule has 4 nitrogen and oxygen atoms in total. The van der Waals surface area contributed by atoms with Gasteiger partial charge in [-0.3, -0.25) is 4.79 Å². The van der Waals surface area contributed by atoms with Gasteiger partial charge >= 0.3 is 5.97 Å². The number of aryl methyl sites for hydroxylation is 4. The van der Waals surface area contributed by atoms with Gasteiger partial charge in [-0.05, 0) is 114 Å². The molecule has 0 heterocycles. The van der Waals surface area contributed by atoms with E-state index in [9.17, 15) is 4.79 Å². The third-order valence-corrected chi connectivity index (χ3v) is 6.91. The third-order valence-electron chi connectivity index (χ3n) is 6.22. The minimum atomic E-state index is -0.778. The molecule has 0 aromatic heterocycles. The number of aliphatic carboxylic acids is 1. The minimum Gasteiger partial charge on any atom is -0.494 e. The van der Waals surface area contributed by atoms with Crippen molar-refractivity contribution in [3.63, 3.8) is 0 Å². The molecule has 1 aliphatic rings. The largest absolute Gasteiger partial charge is 0.494 e. The SMILES string of the molecule is CSCCCOc1cc(C)c2c(c1)CCc1ccc(COc3ccc(CCC(=O)O)cc3)cc1-2. The molecule has 1 N–H and O–H groups in total. The van der Waals surface area contributed by atoms with Gasteiger partial charge in [0.25, 0.3) is 0 Å². The fraction of sp³-hybridized carbons (Fsp3) is 0.345. The summed E-state index contributed by atoms with van der Waals surface area (Å²) < 4.78 is 12.1. The summed E-state index contributed by atoms with van der Waals surface area (Å²) in [5, 5.41) is 8.84. The van der Waals surface area contributed by atoms with Crippen LogP contribution in [0.1, 0.15) is 40.7 Å². The maximum absolute atomic E-state index is 10.7. The lowest BCUT2D eigenvalue weighted by atomic mass is 9.82. The molecule has 0 saturated heterocycles. The van der Waals surface area contributed by atoms with Gasteiger partial charge in [-0.15, -0.1) is 0 Å². The molecule has 0 bridgehead atoms. The van der Waals surface area contributed by atoms with Crippen molar-refractivity contribution in [2.24, 2.45) is 0 Å². The number of carbonyl (C=O) groups is 1. The number of hydrogen-bond acceptors (Lipinski definition) is 4. The Hall–Kier alpha value is -2.92. The number of thioether (sulfide) groups is 1. The van der Waals surface area contributed by atoms with Crippen molar-refractivity contribution in [3.05, 3.63) is 82.4 Å². The maximum Gasteiger partial charge on any atom is 0.303 e. The van der Waals surface area contributed by atoms with Crippen LogP contribution < -0.4 is 9.47 Å². The van der Waals surface area contributed by atoms with Crippen LogP contribution in [0, 0.1) is 6.92 Å². The van der Waals surface area contributed by atoms with Crippen LogP contribution in [0.5, 0.6) is 11.5 Å². The molecule has 4 rings (SSSR count). The highest BCUT2D eigenvalue weighted by Crippen LogP contribution is 2.39. The summed E-state index contributed by atoms with van der Waals surface area (Å²) in [6, 6.07) is 18.7. The molecule has 0 saturated carbocycles. The van der Waals surface area contributed by atoms with Gasteiger partial charge in [0.15, 0.2) is 0 Å². The van der Waals surface area contributed by atoms with E-state index < -0.39 is 5.97 Å². The zero-order valence-corrected chi connectivity index (χ0v) is 20.7. The Morgan fingerprint density at radius 1 is 0.941 bits per heavy atom. The van der Waals surface area contributed by atoms with Crippen molar-refractivity contribution in [3.8, 4) is 22.6 Å². The molecule has 178 valence electrons. The predicted molar refractivity (Wildman–Crippen MR) is 139 cm³/mol. The molecule has 0 unspecified atom stereocenters. The monoisotopic (exact) mass is 476 g/mol. The Morgan fingerprint density at radius 2 is 1.71 bits per heavy atom. The smallest absolute Gasteiger partial charge is 0.303 e. The summed E-state index contributed by atoms with van der Waals surface area (Å²) >= 11 is 1.85. The highest BCUT2D eigenvalue weighted by Gasteiger charge is 2.20. The van der Waals surface area contributed by atoms with Crippen molar-refractivity contribution < 1.29 is 19.4 Å². The number of carboxylic acids is 1. The summed E-state index contributed by atoms with van der Waals surface area (Å²) in [6.45, 7) is 3.43. The van der Waals surface area contributed by atoms with E-state index in [1.165, 1.54) is 27.8 Å². The van der Waals surface area contributed by atoms with Crippen molar-refractivity contribution in [2.75, 3.05) is 18.6 Å². The van der Waals surface area contributed by atoms with Gasteiger partial charge in [-0.25, -0.2) is 0 Å². The quantitative estimate of drug-likeness (QED) is 0.321. The van der Waals surface area contributed by atoms with Crippen LogP contribution in [0.15, 0.2) is 54.6 Å². The lowest BCUT2D eigenvalue weighted by Crippen LogP contribution is -2.08. The zero-order chi connectivity index (χ0) is 23.9. The van der Waals surface area contributed by atoms with Gasteiger partial charge in [0.05, 0.1) is 6.61 Å². The summed E-state index contributed by atoms with van der Waals surface area (Å²) in [5.41, 5.74) is 8.79. The summed E-state index contributed by atoms with van der Waals surface area (Å²) in [6.07, 6.45) is 5.94. The zero-order valence-electron chi connectivity index (χ0n) is 19.9. The van der Waals surface area contributed by atoms with Crippen LogP contribution in [0.4, 0.5) is 0 Å². The summed E-state index contributed by atoms with van der Waals surface area (Å²) in [5.74, 6) is 2.11. The lowest BCUT2D eigenvalue weighted by molar-refractivity contribution is -0.136. The molecule has 0 spiro atoms. The molecule has 0 aliphatic heterocycles. The van der Waals surface area contributed by atoms with Crippen LogP contribution in [0.3, 0.4) is 0 Å². The van der Waals surface area contributed by atoms with E-state index in [0.717, 1.165) is 54.2 Å². The van der Waals surface area contributed by atoms with Gasteiger partial charge in [0.2, 0.25) is 0 Å². The van der Waals surface area contributed by atoms with Crippen LogP contribution in [0.2, 0.25) is 0 Å². The van der Waals surface area contributed by atoms with Gasteiger partial charge < -0.3 is 14.6 Å². The van der Waals surface area contributed by atoms with Crippen molar-refractivity contribution >= 4 is 17.7 Å². The topological polar surface area (TPSA) is 55.8 Å². The average Bonchev–Trinajstić information content (AvgIpc) is 2.84. The summed E-state index contributed by atoms with van der Waals surface area (Å²) in [7, 11) is 0. The van der Waals surface area contributed by atoms with E-state index in [-0.39, 0.29) is 6.42 Å². The molecule has 3 aromatic carbocycles. The number of rotatable bonds is 11. The third kappa shape index (κ3) is 6.15. The highest BCUT2D eigenvalue weighted by atomic mass is 32.2. The molecule has 1 aliphatic carbocycles. The molecule has 0 radical (unpaired) electrons. The van der Waals surface area contributed by atoms with Gasteiger partial charge in [-0.2, -0.15) is 11.8 Å². The molecule has 0 fully saturated rings. The Kier molecular flexibility index (Phi) is 8.17. The first kappa shape index (κ1) is 24.2. The Morgan fingerprint density at radius 3 is 2.47 bits per heavy atom. The number of ether oxygens (including phenoxy) is 2. The average molecular weight is 477 g/mol. The molecule has 34 heavy (non-hydrogen) atoms. The lowest BCUT2D eigenvalue weighted by Gasteiger charge is -2.24. The second-order valence-corrected chi connectivity index (χ2v) is 9.77. The molecular formula is C29H32O4S. The number of carboxylic acid groups (broad SMARTS) is 1. The van der Waals surface area contributed by atoms with Crippen LogP contribution >= 0.6 is 11.8 Å². The van der Waals surface area contributed by atoms with E-state index in [2.05, 4.69) is 43.5 Å². The Bertz CT molecular complexity index is 1140. The fourth-order valence-electron chi connectivity index (χ4n) is 4.49. The maximum atomic E-state index is 10.7. The summed E-state index contributed by atoms with van der Waals surface area (Å²) in [4.78, 5) is 10.7. The Balaban J connectivity index is 1.45. The van der Waals surface area contributed by atoms with E-state index in [1.54, 1.807) is 0 Å². The number of fused-ring (bicyclic) bond motifs is 3. The number of hydrogen-bond donors (Lipinski definition) is 1. The van der Waals surface area contributed by atoms with Gasteiger partial charge in [0, 0.05) is 6.42 Å². The molecule has 0 amide bonds. The molecular weight excluding hydrogens is 444 g/mol. The minimum absolute atomic E-state index is 0.141. The van der Waals surface area contributed by atoms with Crippen molar-refractivity contribution in [2.45, 2.75) is 45.6 Å². The normalized spacial score (nSPS) is 12.1. The Labute approximate surface area is 206 Å². The van der Waals surface area contributed by atoms with Crippen LogP contribution in [0.25, 0.3) is 11.1 Å². The molecule has 5 heteroatoms. The first-order chi connectivity index (χ1) is 16.5. The van der Waals surface area contributed by atoms with Crippen LogP contribution in [-0.4, -0.2) is 29.7 Å². The van der Waals surface area contributed by atoms with E-state index in [1.807, 2.05) is 36.0 Å². The first-order valence-corrected chi connectivity index (χ1v) is 13.2. The highest BCUT2D eigenvalue weighted by molar-refractivity contribution is 7.98. The fourth-order valence-corrected chi connectivity index (χ4v) is 4.89. The van der Waals surface area contributed by atoms with E-state index >= 15 is 0 Å². The standard InChI is InChI=1S/C29H32O4S/c1-20-16-26(32-14-3-15-34-2)18-24-10-9-23-8-4-22(17-27(23)29(20)24)19-33-25-11-5-21(6-12-25)7-13-28(30)31/h4-6,8,11-12,16-18H,3,7,9-10,13-15,19H2,1-2H3,(H,30,31). The first-order valence-electron chi connectivity index (χ1n) is 11.8. The van der Waals surface area contributed by atoms with Crippen LogP contribution in [-0.2, 0) is 30.7 Å². The van der Waals surface area contributed by atoms with E-state index in [4.69, 9.17) is 14.6 Å². The number of benzene rings is 3. The van der Waals surface area contributed by atoms with Gasteiger partial charge in [0.1, 0.15) is 18.1 Å². The molecule has 3 aromatic rings. The van der Waals surface area contributed by atoms with Crippen molar-refractivity contribution in [1.29, 1.82) is 0 Å². The predicted octanol–water partition coefficient (Wildman–Crippen LogP) is 6.49. The van der Waals surface area contributed by atoms with Crippen molar-refractivity contribution in [1.82, 2.24) is 0 Å².